The summed E-state index contributed by atoms with van der Waals surface area (Å²) in [5, 5.41) is 3.23. The fourth-order valence-electron chi connectivity index (χ4n) is 1.71. The standard InChI is InChI=1S/C13H10N2O2/c16-13-15-11-7-6-10(8-12(11)17-13)14-9-4-2-1-3-5-9/h1-8,14H,(H,15,16). The van der Waals surface area contributed by atoms with Gasteiger partial charge in [0.1, 0.15) is 0 Å². The van der Waals surface area contributed by atoms with Crippen molar-refractivity contribution in [1.29, 1.82) is 0 Å². The van der Waals surface area contributed by atoms with Gasteiger partial charge in [0.05, 0.1) is 5.52 Å². The Morgan fingerprint density at radius 3 is 2.65 bits per heavy atom. The molecule has 0 amide bonds. The molecule has 3 aromatic rings. The van der Waals surface area contributed by atoms with E-state index in [1.165, 1.54) is 0 Å². The molecule has 0 aliphatic heterocycles. The normalized spacial score (nSPS) is 10.6. The number of benzene rings is 2. The Morgan fingerprint density at radius 1 is 1.00 bits per heavy atom. The van der Waals surface area contributed by atoms with E-state index in [1.807, 2.05) is 42.5 Å². The number of nitrogens with one attached hydrogen (secondary N) is 2. The maximum absolute atomic E-state index is 11.0. The zero-order chi connectivity index (χ0) is 11.7. The summed E-state index contributed by atoms with van der Waals surface area (Å²) in [7, 11) is 0. The molecule has 0 aliphatic carbocycles. The first-order valence-corrected chi connectivity index (χ1v) is 5.26. The van der Waals surface area contributed by atoms with Gasteiger partial charge in [-0.2, -0.15) is 0 Å². The lowest BCUT2D eigenvalue weighted by Gasteiger charge is -2.05. The zero-order valence-electron chi connectivity index (χ0n) is 8.94. The summed E-state index contributed by atoms with van der Waals surface area (Å²) in [4.78, 5) is 13.6. The van der Waals surface area contributed by atoms with Crippen LogP contribution in [-0.4, -0.2) is 4.98 Å². The largest absolute Gasteiger partial charge is 0.417 e. The number of hydrogen-bond donors (Lipinski definition) is 2. The number of H-pyrrole nitrogens is 1. The number of aromatic amines is 1. The minimum absolute atomic E-state index is 0.433. The summed E-state index contributed by atoms with van der Waals surface area (Å²) in [5.41, 5.74) is 3.13. The Morgan fingerprint density at radius 2 is 1.82 bits per heavy atom. The predicted molar refractivity (Wildman–Crippen MR) is 66.6 cm³/mol. The monoisotopic (exact) mass is 226 g/mol. The van der Waals surface area contributed by atoms with Gasteiger partial charge in [0, 0.05) is 17.4 Å². The van der Waals surface area contributed by atoms with Crippen molar-refractivity contribution in [3.05, 3.63) is 59.1 Å². The van der Waals surface area contributed by atoms with Crippen LogP contribution in [0.25, 0.3) is 11.1 Å². The first-order chi connectivity index (χ1) is 8.31. The lowest BCUT2D eigenvalue weighted by molar-refractivity contribution is 0.555. The van der Waals surface area contributed by atoms with E-state index in [9.17, 15) is 4.79 Å². The molecule has 0 unspecified atom stereocenters. The molecule has 17 heavy (non-hydrogen) atoms. The van der Waals surface area contributed by atoms with E-state index < -0.39 is 5.76 Å². The van der Waals surface area contributed by atoms with Gasteiger partial charge >= 0.3 is 5.76 Å². The van der Waals surface area contributed by atoms with Crippen molar-refractivity contribution in [2.24, 2.45) is 0 Å². The number of anilines is 2. The SMILES string of the molecule is O=c1[nH]c2ccc(Nc3ccccc3)cc2o1. The maximum Gasteiger partial charge on any atom is 0.417 e. The molecule has 1 heterocycles. The van der Waals surface area contributed by atoms with Gasteiger partial charge in [0.25, 0.3) is 0 Å². The summed E-state index contributed by atoms with van der Waals surface area (Å²) in [5.74, 6) is -0.433. The fraction of sp³-hybridized carbons (Fsp3) is 0. The van der Waals surface area contributed by atoms with Gasteiger partial charge in [-0.05, 0) is 24.3 Å². The molecule has 0 aliphatic rings. The van der Waals surface area contributed by atoms with E-state index in [4.69, 9.17) is 4.42 Å². The van der Waals surface area contributed by atoms with Crippen molar-refractivity contribution in [3.8, 4) is 0 Å². The van der Waals surface area contributed by atoms with Crippen LogP contribution in [0.3, 0.4) is 0 Å². The molecule has 4 heteroatoms. The van der Waals surface area contributed by atoms with Gasteiger partial charge in [-0.15, -0.1) is 0 Å². The number of fused-ring (bicyclic) bond motifs is 1. The number of hydrogen-bond acceptors (Lipinski definition) is 3. The molecule has 0 atom stereocenters. The topological polar surface area (TPSA) is 58.0 Å². The van der Waals surface area contributed by atoms with Crippen LogP contribution in [0, 0.1) is 0 Å². The summed E-state index contributed by atoms with van der Waals surface area (Å²) in [6.07, 6.45) is 0. The minimum Gasteiger partial charge on any atom is -0.408 e. The van der Waals surface area contributed by atoms with Crippen LogP contribution in [0.15, 0.2) is 57.7 Å². The van der Waals surface area contributed by atoms with Crippen LogP contribution < -0.4 is 11.1 Å². The third kappa shape index (κ3) is 1.92. The van der Waals surface area contributed by atoms with Crippen molar-refractivity contribution in [1.82, 2.24) is 4.98 Å². The van der Waals surface area contributed by atoms with E-state index in [0.29, 0.717) is 11.1 Å². The highest BCUT2D eigenvalue weighted by molar-refractivity contribution is 5.78. The summed E-state index contributed by atoms with van der Waals surface area (Å²) in [6, 6.07) is 15.3. The van der Waals surface area contributed by atoms with Gasteiger partial charge < -0.3 is 9.73 Å². The summed E-state index contributed by atoms with van der Waals surface area (Å²) >= 11 is 0. The van der Waals surface area contributed by atoms with E-state index in [-0.39, 0.29) is 0 Å². The first-order valence-electron chi connectivity index (χ1n) is 5.26. The Kier molecular flexibility index (Phi) is 2.19. The molecule has 0 saturated carbocycles. The van der Waals surface area contributed by atoms with Gasteiger partial charge in [-0.25, -0.2) is 4.79 Å². The Hall–Kier alpha value is -2.49. The average molecular weight is 226 g/mol. The predicted octanol–water partition coefficient (Wildman–Crippen LogP) is 2.86. The number of rotatable bonds is 2. The third-order valence-electron chi connectivity index (χ3n) is 2.48. The second-order valence-corrected chi connectivity index (χ2v) is 3.72. The van der Waals surface area contributed by atoms with Crippen LogP contribution in [-0.2, 0) is 0 Å². The smallest absolute Gasteiger partial charge is 0.408 e. The molecule has 3 rings (SSSR count). The molecule has 4 nitrogen and oxygen atoms in total. The highest BCUT2D eigenvalue weighted by Gasteiger charge is 2.01. The first kappa shape index (κ1) is 9.72. The molecule has 0 radical (unpaired) electrons. The van der Waals surface area contributed by atoms with Crippen molar-refractivity contribution in [2.45, 2.75) is 0 Å². The van der Waals surface area contributed by atoms with Crippen LogP contribution in [0.2, 0.25) is 0 Å². The Balaban J connectivity index is 1.98. The van der Waals surface area contributed by atoms with Crippen LogP contribution >= 0.6 is 0 Å². The van der Waals surface area contributed by atoms with E-state index >= 15 is 0 Å². The van der Waals surface area contributed by atoms with Crippen molar-refractivity contribution in [2.75, 3.05) is 5.32 Å². The van der Waals surface area contributed by atoms with Gasteiger partial charge in [-0.3, -0.25) is 4.98 Å². The third-order valence-corrected chi connectivity index (χ3v) is 2.48. The Labute approximate surface area is 96.9 Å². The number of oxazole rings is 1. The molecule has 84 valence electrons. The van der Waals surface area contributed by atoms with Crippen molar-refractivity contribution in [3.63, 3.8) is 0 Å². The van der Waals surface area contributed by atoms with Crippen LogP contribution in [0.5, 0.6) is 0 Å². The lowest BCUT2D eigenvalue weighted by atomic mass is 10.2. The molecular formula is C13H10N2O2. The van der Waals surface area contributed by atoms with E-state index in [1.54, 1.807) is 6.07 Å². The van der Waals surface area contributed by atoms with Crippen molar-refractivity contribution < 1.29 is 4.42 Å². The number of aromatic nitrogens is 1. The minimum atomic E-state index is -0.433. The molecule has 0 bridgehead atoms. The quantitative estimate of drug-likeness (QED) is 0.706. The second-order valence-electron chi connectivity index (χ2n) is 3.72. The van der Waals surface area contributed by atoms with Crippen LogP contribution in [0.1, 0.15) is 0 Å². The second kappa shape index (κ2) is 3.83. The molecule has 1 aromatic heterocycles. The fourth-order valence-corrected chi connectivity index (χ4v) is 1.71. The molecular weight excluding hydrogens is 216 g/mol. The molecule has 0 fully saturated rings. The Bertz CT molecular complexity index is 698. The summed E-state index contributed by atoms with van der Waals surface area (Å²) < 4.78 is 5.00. The molecule has 2 aromatic carbocycles. The maximum atomic E-state index is 11.0. The van der Waals surface area contributed by atoms with Gasteiger partial charge in [-0.1, -0.05) is 18.2 Å². The van der Waals surface area contributed by atoms with E-state index in [0.717, 1.165) is 11.4 Å². The van der Waals surface area contributed by atoms with Crippen LogP contribution in [0.4, 0.5) is 11.4 Å². The lowest BCUT2D eigenvalue weighted by Crippen LogP contribution is -1.92. The average Bonchev–Trinajstić information content (AvgIpc) is 2.70. The van der Waals surface area contributed by atoms with E-state index in [2.05, 4.69) is 10.3 Å². The highest BCUT2D eigenvalue weighted by Crippen LogP contribution is 2.20. The summed E-state index contributed by atoms with van der Waals surface area (Å²) in [6.45, 7) is 0. The molecule has 0 saturated heterocycles. The number of para-hydroxylation sites is 1. The van der Waals surface area contributed by atoms with Crippen molar-refractivity contribution >= 4 is 22.5 Å². The molecule has 0 spiro atoms. The highest BCUT2D eigenvalue weighted by atomic mass is 16.4. The van der Waals surface area contributed by atoms with Gasteiger partial charge in [0.15, 0.2) is 5.58 Å². The molecule has 2 N–H and O–H groups in total. The van der Waals surface area contributed by atoms with Gasteiger partial charge in [0.2, 0.25) is 0 Å². The zero-order valence-corrected chi connectivity index (χ0v) is 8.94.